The van der Waals surface area contributed by atoms with E-state index in [1.807, 2.05) is 20.8 Å². The minimum Gasteiger partial charge on any atom is -0.295 e. The van der Waals surface area contributed by atoms with Gasteiger partial charge in [-0.1, -0.05) is 20.8 Å². The molecule has 0 amide bonds. The Morgan fingerprint density at radius 1 is 1.16 bits per heavy atom. The lowest BCUT2D eigenvalue weighted by Gasteiger charge is -2.49. The molecule has 0 aromatic rings. The Bertz CT molecular complexity index is 458. The van der Waals surface area contributed by atoms with Gasteiger partial charge in [0, 0.05) is 49.7 Å². The van der Waals surface area contributed by atoms with E-state index < -0.39 is 18.9 Å². The Kier molecular flexibility index (Phi) is 2.42. The number of hydrogen-bond acceptors (Lipinski definition) is 3. The second-order valence-electron chi connectivity index (χ2n) is 7.73. The Balaban J connectivity index is 1.69. The number of hydrogen-bond donors (Lipinski definition) is 0. The molecular weight excluding hydrogens is 234 g/mol. The number of nitrogens with zero attached hydrogens (tertiary/aromatic N) is 3. The van der Waals surface area contributed by atoms with E-state index in [4.69, 9.17) is 5.48 Å². The molecule has 3 fully saturated rings. The van der Waals surface area contributed by atoms with Crippen molar-refractivity contribution in [2.45, 2.75) is 59.2 Å². The zero-order valence-corrected chi connectivity index (χ0v) is 13.0. The Morgan fingerprint density at radius 2 is 1.84 bits per heavy atom. The lowest BCUT2D eigenvalue weighted by Crippen LogP contribution is -2.58. The molecule has 0 aromatic heterocycles. The molecule has 110 valence electrons. The van der Waals surface area contributed by atoms with Gasteiger partial charge < -0.3 is 0 Å². The second kappa shape index (κ2) is 4.71. The van der Waals surface area contributed by atoms with E-state index in [0.29, 0.717) is 24.8 Å². The van der Waals surface area contributed by atoms with Crippen molar-refractivity contribution in [2.24, 2.45) is 11.3 Å². The number of piperazine rings is 1. The molecule has 3 aliphatic rings. The highest BCUT2D eigenvalue weighted by Gasteiger charge is 2.45. The van der Waals surface area contributed by atoms with Gasteiger partial charge in [0.15, 0.2) is 0 Å². The summed E-state index contributed by atoms with van der Waals surface area (Å²) in [5, 5.41) is 0. The van der Waals surface area contributed by atoms with Gasteiger partial charge in [0.1, 0.15) is 0 Å². The summed E-state index contributed by atoms with van der Waals surface area (Å²) in [7, 11) is 0. The van der Waals surface area contributed by atoms with Crippen LogP contribution in [0, 0.1) is 11.3 Å². The highest BCUT2D eigenvalue weighted by atomic mass is 15.4. The minimum atomic E-state index is -1.58. The lowest BCUT2D eigenvalue weighted by atomic mass is 9.76. The number of fused-ring (bicyclic) bond motifs is 2. The van der Waals surface area contributed by atoms with E-state index in [2.05, 4.69) is 23.6 Å². The monoisotopic (exact) mass is 269 g/mol. The Labute approximate surface area is 124 Å². The molecule has 3 aliphatic heterocycles. The van der Waals surface area contributed by atoms with Gasteiger partial charge in [-0.3, -0.25) is 14.7 Å². The third-order valence-corrected chi connectivity index (χ3v) is 4.82. The number of rotatable bonds is 3. The number of likely N-dealkylation sites (tertiary alicyclic amines) is 3. The van der Waals surface area contributed by atoms with Crippen LogP contribution in [0.3, 0.4) is 0 Å². The van der Waals surface area contributed by atoms with Crippen LogP contribution in [0.4, 0.5) is 0 Å². The van der Waals surface area contributed by atoms with Crippen molar-refractivity contribution in [3.63, 3.8) is 0 Å². The van der Waals surface area contributed by atoms with Gasteiger partial charge in [0.25, 0.3) is 0 Å². The maximum absolute atomic E-state index is 8.41. The van der Waals surface area contributed by atoms with Crippen LogP contribution in [-0.2, 0) is 0 Å². The molecule has 2 unspecified atom stereocenters. The van der Waals surface area contributed by atoms with Crippen LogP contribution in [0.15, 0.2) is 0 Å². The molecule has 3 saturated heterocycles. The molecule has 0 radical (unpaired) electrons. The van der Waals surface area contributed by atoms with Crippen LogP contribution < -0.4 is 0 Å². The zero-order valence-electron chi connectivity index (χ0n) is 17.0. The van der Waals surface area contributed by atoms with Gasteiger partial charge in [-0.15, -0.1) is 0 Å². The highest BCUT2D eigenvalue weighted by molar-refractivity contribution is 5.01. The highest BCUT2D eigenvalue weighted by Crippen LogP contribution is 2.36. The van der Waals surface area contributed by atoms with E-state index in [1.54, 1.807) is 0 Å². The van der Waals surface area contributed by atoms with Gasteiger partial charge >= 0.3 is 0 Å². The van der Waals surface area contributed by atoms with Crippen molar-refractivity contribution in [1.82, 2.24) is 14.7 Å². The van der Waals surface area contributed by atoms with E-state index in [0.717, 1.165) is 19.5 Å². The molecular formula is C16H31N3. The molecule has 0 aliphatic carbocycles. The first kappa shape index (κ1) is 9.75. The third kappa shape index (κ3) is 2.57. The van der Waals surface area contributed by atoms with Crippen molar-refractivity contribution in [3.05, 3.63) is 0 Å². The predicted molar refractivity (Wildman–Crippen MR) is 80.1 cm³/mol. The standard InChI is InChI=1S/C16H31N3/c1-12(2)19-10-14-6-15(19)9-18(14)11-17-7-13(8-17)16(3,4)5/h12-15H,6-11H2,1-5H3/i7D2,8D2. The fourth-order valence-corrected chi connectivity index (χ4v) is 3.55. The molecule has 2 bridgehead atoms. The summed E-state index contributed by atoms with van der Waals surface area (Å²) in [4.78, 5) is 6.26. The average molecular weight is 269 g/mol. The molecule has 0 aromatic carbocycles. The average Bonchev–Trinajstić information content (AvgIpc) is 2.91. The van der Waals surface area contributed by atoms with E-state index in [9.17, 15) is 0 Å². The maximum atomic E-state index is 8.41. The first-order chi connectivity index (χ1) is 10.4. The molecule has 0 saturated carbocycles. The SMILES string of the molecule is [2H]C1([2H])C(C(C)(C)C)C([2H])([2H])N1CN1CC2CC1CN2C(C)C. The van der Waals surface area contributed by atoms with E-state index >= 15 is 0 Å². The van der Waals surface area contributed by atoms with Crippen LogP contribution in [0.1, 0.15) is 46.5 Å². The fourth-order valence-electron chi connectivity index (χ4n) is 3.55. The quantitative estimate of drug-likeness (QED) is 0.777. The van der Waals surface area contributed by atoms with Crippen LogP contribution in [0.5, 0.6) is 0 Å². The first-order valence-corrected chi connectivity index (χ1v) is 7.64. The summed E-state index contributed by atoms with van der Waals surface area (Å²) in [6.07, 6.45) is 1.14. The second-order valence-corrected chi connectivity index (χ2v) is 7.73. The van der Waals surface area contributed by atoms with Crippen molar-refractivity contribution >= 4 is 0 Å². The molecule has 0 N–H and O–H groups in total. The summed E-state index contributed by atoms with van der Waals surface area (Å²) < 4.78 is 33.7. The third-order valence-electron chi connectivity index (χ3n) is 4.82. The molecule has 3 heterocycles. The fraction of sp³-hybridized carbons (Fsp3) is 1.00. The lowest BCUT2D eigenvalue weighted by molar-refractivity contribution is -0.0291. The van der Waals surface area contributed by atoms with E-state index in [1.165, 1.54) is 4.90 Å². The van der Waals surface area contributed by atoms with Crippen LogP contribution >= 0.6 is 0 Å². The van der Waals surface area contributed by atoms with Crippen LogP contribution in [0.25, 0.3) is 0 Å². The summed E-state index contributed by atoms with van der Waals surface area (Å²) in [6.45, 7) is 9.46. The summed E-state index contributed by atoms with van der Waals surface area (Å²) in [6, 6.07) is 1.55. The predicted octanol–water partition coefficient (Wildman–Crippen LogP) is 2.09. The van der Waals surface area contributed by atoms with Gasteiger partial charge in [0.05, 0.1) is 6.67 Å². The first-order valence-electron chi connectivity index (χ1n) is 9.64. The normalized spacial score (nSPS) is 42.8. The molecule has 3 heteroatoms. The molecule has 3 rings (SSSR count). The van der Waals surface area contributed by atoms with Gasteiger partial charge in [-0.05, 0) is 31.6 Å². The summed E-state index contributed by atoms with van der Waals surface area (Å²) >= 11 is 0. The Hall–Kier alpha value is -0.120. The van der Waals surface area contributed by atoms with Crippen molar-refractivity contribution in [3.8, 4) is 0 Å². The van der Waals surface area contributed by atoms with E-state index in [-0.39, 0.29) is 5.41 Å². The summed E-state index contributed by atoms with van der Waals surface area (Å²) in [5.41, 5.74) is -0.387. The van der Waals surface area contributed by atoms with Gasteiger partial charge in [0.2, 0.25) is 0 Å². The van der Waals surface area contributed by atoms with Crippen molar-refractivity contribution < 1.29 is 5.48 Å². The summed E-state index contributed by atoms with van der Waals surface area (Å²) in [5.74, 6) is -0.602. The van der Waals surface area contributed by atoms with Crippen LogP contribution in [-0.4, -0.2) is 65.6 Å². The van der Waals surface area contributed by atoms with Crippen molar-refractivity contribution in [1.29, 1.82) is 0 Å². The van der Waals surface area contributed by atoms with Crippen LogP contribution in [0.2, 0.25) is 0 Å². The zero-order chi connectivity index (χ0) is 17.4. The molecule has 0 spiro atoms. The van der Waals surface area contributed by atoms with Crippen molar-refractivity contribution in [2.75, 3.05) is 32.8 Å². The van der Waals surface area contributed by atoms with Gasteiger partial charge in [-0.25, -0.2) is 0 Å². The van der Waals surface area contributed by atoms with Gasteiger partial charge in [-0.2, -0.15) is 0 Å². The smallest absolute Gasteiger partial charge is 0.0510 e. The molecule has 3 nitrogen and oxygen atoms in total. The Morgan fingerprint density at radius 3 is 2.32 bits per heavy atom. The minimum absolute atomic E-state index is 0.387. The topological polar surface area (TPSA) is 9.72 Å². The maximum Gasteiger partial charge on any atom is 0.0510 e. The molecule has 19 heavy (non-hydrogen) atoms. The largest absolute Gasteiger partial charge is 0.295 e. The molecule has 2 atom stereocenters.